The fraction of sp³-hybridized carbons (Fsp3) is 0.467. The van der Waals surface area contributed by atoms with Crippen LogP contribution < -0.4 is 5.32 Å². The first-order valence-corrected chi connectivity index (χ1v) is 7.96. The minimum Gasteiger partial charge on any atom is -0.481 e. The van der Waals surface area contributed by atoms with Gasteiger partial charge in [-0.2, -0.15) is 13.2 Å². The summed E-state index contributed by atoms with van der Waals surface area (Å²) < 4.78 is 37.6. The number of thioether (sulfide) groups is 1. The number of amides is 1. The van der Waals surface area contributed by atoms with Crippen molar-refractivity contribution in [3.63, 3.8) is 0 Å². The predicted octanol–water partition coefficient (Wildman–Crippen LogP) is 4.13. The largest absolute Gasteiger partial charge is 0.481 e. The number of rotatable bonds is 4. The van der Waals surface area contributed by atoms with Crippen LogP contribution in [0.15, 0.2) is 29.2 Å². The molecule has 1 amide bonds. The molecule has 1 aliphatic carbocycles. The van der Waals surface area contributed by atoms with Crippen molar-refractivity contribution in [1.29, 1.82) is 0 Å². The zero-order valence-corrected chi connectivity index (χ0v) is 12.9. The minimum atomic E-state index is -4.44. The zero-order valence-electron chi connectivity index (χ0n) is 12.1. The quantitative estimate of drug-likeness (QED) is 0.804. The number of alkyl halides is 3. The van der Waals surface area contributed by atoms with Gasteiger partial charge in [0.15, 0.2) is 0 Å². The Hall–Kier alpha value is -1.70. The van der Waals surface area contributed by atoms with Crippen molar-refractivity contribution in [2.45, 2.75) is 36.1 Å². The molecule has 0 radical (unpaired) electrons. The lowest BCUT2D eigenvalue weighted by molar-refractivity contribution is -0.143. The van der Waals surface area contributed by atoms with Crippen molar-refractivity contribution < 1.29 is 27.9 Å². The van der Waals surface area contributed by atoms with Crippen LogP contribution in [0.25, 0.3) is 0 Å². The van der Waals surface area contributed by atoms with E-state index in [1.54, 1.807) is 0 Å². The standard InChI is InChI=1S/C15H16F3NO3S/c16-15(17,18)23-12-7-2-1-6-11(12)19-13(20)9-4-3-5-10(8-9)14(21)22/h1-2,6-7,9-10H,3-5,8H2,(H,19,20)(H,21,22). The summed E-state index contributed by atoms with van der Waals surface area (Å²) in [4.78, 5) is 23.2. The lowest BCUT2D eigenvalue weighted by Crippen LogP contribution is -2.31. The molecule has 1 aromatic rings. The number of carbonyl (C=O) groups excluding carboxylic acids is 1. The summed E-state index contributed by atoms with van der Waals surface area (Å²) in [6, 6.07) is 5.69. The maximum absolute atomic E-state index is 12.5. The van der Waals surface area contributed by atoms with Gasteiger partial charge >= 0.3 is 11.5 Å². The summed E-state index contributed by atoms with van der Waals surface area (Å²) in [5.41, 5.74) is -4.35. The molecule has 2 rings (SSSR count). The Bertz CT molecular complexity index is 592. The molecule has 23 heavy (non-hydrogen) atoms. The maximum atomic E-state index is 12.5. The molecule has 126 valence electrons. The van der Waals surface area contributed by atoms with E-state index in [1.807, 2.05) is 0 Å². The molecule has 0 spiro atoms. The van der Waals surface area contributed by atoms with Gasteiger partial charge in [0, 0.05) is 10.8 Å². The second-order valence-corrected chi connectivity index (χ2v) is 6.54. The molecule has 0 heterocycles. The van der Waals surface area contributed by atoms with Crippen molar-refractivity contribution in [3.05, 3.63) is 24.3 Å². The van der Waals surface area contributed by atoms with Crippen LogP contribution in [0.4, 0.5) is 18.9 Å². The molecule has 2 unspecified atom stereocenters. The van der Waals surface area contributed by atoms with Gasteiger partial charge in [0.05, 0.1) is 11.6 Å². The molecular weight excluding hydrogens is 331 g/mol. The van der Waals surface area contributed by atoms with Crippen LogP contribution in [0, 0.1) is 11.8 Å². The van der Waals surface area contributed by atoms with E-state index >= 15 is 0 Å². The van der Waals surface area contributed by atoms with Crippen molar-refractivity contribution in [2.24, 2.45) is 11.8 Å². The number of halogens is 3. The van der Waals surface area contributed by atoms with E-state index in [9.17, 15) is 22.8 Å². The van der Waals surface area contributed by atoms with Gasteiger partial charge < -0.3 is 10.4 Å². The highest BCUT2D eigenvalue weighted by Crippen LogP contribution is 2.40. The Morgan fingerprint density at radius 1 is 1.17 bits per heavy atom. The Morgan fingerprint density at radius 2 is 1.83 bits per heavy atom. The topological polar surface area (TPSA) is 66.4 Å². The van der Waals surface area contributed by atoms with E-state index in [-0.39, 0.29) is 28.8 Å². The summed E-state index contributed by atoms with van der Waals surface area (Å²) in [5, 5.41) is 11.5. The molecule has 1 aromatic carbocycles. The molecule has 4 nitrogen and oxygen atoms in total. The number of carbonyl (C=O) groups is 2. The number of hydrogen-bond acceptors (Lipinski definition) is 3. The number of carboxylic acids is 1. The molecule has 0 aromatic heterocycles. The molecule has 1 saturated carbocycles. The van der Waals surface area contributed by atoms with E-state index in [4.69, 9.17) is 5.11 Å². The number of anilines is 1. The van der Waals surface area contributed by atoms with Crippen LogP contribution in [-0.4, -0.2) is 22.5 Å². The van der Waals surface area contributed by atoms with Crippen LogP contribution in [0.2, 0.25) is 0 Å². The third-order valence-electron chi connectivity index (χ3n) is 3.76. The Kier molecular flexibility index (Phi) is 5.56. The Labute approximate surface area is 135 Å². The van der Waals surface area contributed by atoms with Crippen molar-refractivity contribution >= 4 is 29.3 Å². The van der Waals surface area contributed by atoms with E-state index in [0.29, 0.717) is 19.3 Å². The molecule has 1 aliphatic rings. The fourth-order valence-electron chi connectivity index (χ4n) is 2.67. The minimum absolute atomic E-state index is 0.0843. The number of carboxylic acid groups (broad SMARTS) is 1. The van der Waals surface area contributed by atoms with Crippen LogP contribution in [0.5, 0.6) is 0 Å². The van der Waals surface area contributed by atoms with Gasteiger partial charge in [-0.15, -0.1) is 0 Å². The Morgan fingerprint density at radius 3 is 2.48 bits per heavy atom. The highest BCUT2D eigenvalue weighted by atomic mass is 32.2. The highest BCUT2D eigenvalue weighted by molar-refractivity contribution is 8.00. The monoisotopic (exact) mass is 347 g/mol. The summed E-state index contributed by atoms with van der Waals surface area (Å²) in [5.74, 6) is -2.42. The molecule has 0 saturated heterocycles. The van der Waals surface area contributed by atoms with E-state index in [1.165, 1.54) is 24.3 Å². The maximum Gasteiger partial charge on any atom is 0.446 e. The first-order valence-electron chi connectivity index (χ1n) is 7.14. The first kappa shape index (κ1) is 17.7. The molecule has 0 aliphatic heterocycles. The van der Waals surface area contributed by atoms with E-state index in [2.05, 4.69) is 5.32 Å². The van der Waals surface area contributed by atoms with Crippen LogP contribution in [0.1, 0.15) is 25.7 Å². The average molecular weight is 347 g/mol. The number of aliphatic carboxylic acids is 1. The van der Waals surface area contributed by atoms with Gasteiger partial charge in [-0.25, -0.2) is 0 Å². The summed E-state index contributed by atoms with van der Waals surface area (Å²) in [7, 11) is 0. The molecule has 8 heteroatoms. The van der Waals surface area contributed by atoms with Crippen LogP contribution >= 0.6 is 11.8 Å². The molecular formula is C15H16F3NO3S. The average Bonchev–Trinajstić information content (AvgIpc) is 2.48. The second-order valence-electron chi connectivity index (χ2n) is 5.43. The normalized spacial score (nSPS) is 21.7. The summed E-state index contributed by atoms with van der Waals surface area (Å²) >= 11 is -0.287. The molecule has 2 atom stereocenters. The van der Waals surface area contributed by atoms with Gasteiger partial charge in [-0.3, -0.25) is 9.59 Å². The first-order chi connectivity index (χ1) is 10.8. The van der Waals surface area contributed by atoms with Crippen molar-refractivity contribution in [3.8, 4) is 0 Å². The van der Waals surface area contributed by atoms with Gasteiger partial charge in [0.2, 0.25) is 5.91 Å². The lowest BCUT2D eigenvalue weighted by atomic mass is 9.81. The second kappa shape index (κ2) is 7.25. The van der Waals surface area contributed by atoms with Gasteiger partial charge in [-0.05, 0) is 43.2 Å². The number of para-hydroxylation sites is 1. The number of hydrogen-bond donors (Lipinski definition) is 2. The predicted molar refractivity (Wildman–Crippen MR) is 80.1 cm³/mol. The number of benzene rings is 1. The molecule has 2 N–H and O–H groups in total. The van der Waals surface area contributed by atoms with Crippen molar-refractivity contribution in [1.82, 2.24) is 0 Å². The summed E-state index contributed by atoms with van der Waals surface area (Å²) in [6.07, 6.45) is 1.91. The van der Waals surface area contributed by atoms with Crippen LogP contribution in [-0.2, 0) is 9.59 Å². The fourth-order valence-corrected chi connectivity index (χ4v) is 3.30. The van der Waals surface area contributed by atoms with E-state index in [0.717, 1.165) is 0 Å². The number of nitrogens with one attached hydrogen (secondary N) is 1. The summed E-state index contributed by atoms with van der Waals surface area (Å²) in [6.45, 7) is 0. The van der Waals surface area contributed by atoms with Gasteiger partial charge in [0.1, 0.15) is 0 Å². The molecule has 1 fully saturated rings. The molecule has 0 bridgehead atoms. The zero-order chi connectivity index (χ0) is 17.0. The van der Waals surface area contributed by atoms with Gasteiger partial charge in [-0.1, -0.05) is 18.6 Å². The lowest BCUT2D eigenvalue weighted by Gasteiger charge is -2.26. The van der Waals surface area contributed by atoms with Gasteiger partial charge in [0.25, 0.3) is 0 Å². The smallest absolute Gasteiger partial charge is 0.446 e. The highest BCUT2D eigenvalue weighted by Gasteiger charge is 2.33. The van der Waals surface area contributed by atoms with Crippen LogP contribution in [0.3, 0.4) is 0 Å². The third kappa shape index (κ3) is 5.16. The van der Waals surface area contributed by atoms with E-state index < -0.39 is 29.2 Å². The Balaban J connectivity index is 2.07. The SMILES string of the molecule is O=C(O)C1CCCC(C(=O)Nc2ccccc2SC(F)(F)F)C1. The van der Waals surface area contributed by atoms with Crippen molar-refractivity contribution in [2.75, 3.05) is 5.32 Å². The third-order valence-corrected chi connectivity index (χ3v) is 4.57.